The molecule has 0 unspecified atom stereocenters. The minimum absolute atomic E-state index is 0.169. The van der Waals surface area contributed by atoms with Crippen LogP contribution in [0.3, 0.4) is 0 Å². The van der Waals surface area contributed by atoms with Crippen molar-refractivity contribution in [3.63, 3.8) is 0 Å². The Balaban J connectivity index is 1.27. The monoisotopic (exact) mass is 533 g/mol. The molecule has 37 heavy (non-hydrogen) atoms. The average Bonchev–Trinajstić information content (AvgIpc) is 3.28. The fourth-order valence-corrected chi connectivity index (χ4v) is 5.41. The first kappa shape index (κ1) is 24.0. The first-order chi connectivity index (χ1) is 18.0. The van der Waals surface area contributed by atoms with Crippen molar-refractivity contribution >= 4 is 34.8 Å². The number of carbonyl (C=O) groups excluding carboxylic acids is 1. The Labute approximate surface area is 224 Å². The van der Waals surface area contributed by atoms with E-state index >= 15 is 0 Å². The summed E-state index contributed by atoms with van der Waals surface area (Å²) in [6.07, 6.45) is 5.08. The highest BCUT2D eigenvalue weighted by Crippen LogP contribution is 2.33. The lowest BCUT2D eigenvalue weighted by Crippen LogP contribution is -2.55. The van der Waals surface area contributed by atoms with Crippen LogP contribution in [0, 0.1) is 0 Å². The fraction of sp³-hybridized carbons (Fsp3) is 0.250. The Bertz CT molecular complexity index is 1520. The fourth-order valence-electron chi connectivity index (χ4n) is 5.09. The van der Waals surface area contributed by atoms with Gasteiger partial charge in [0.1, 0.15) is 5.65 Å². The van der Waals surface area contributed by atoms with Gasteiger partial charge in [0.2, 0.25) is 5.88 Å². The highest BCUT2D eigenvalue weighted by molar-refractivity contribution is 6.33. The van der Waals surface area contributed by atoms with Crippen LogP contribution >= 0.6 is 23.2 Å². The van der Waals surface area contributed by atoms with Gasteiger partial charge in [-0.05, 0) is 43.7 Å². The summed E-state index contributed by atoms with van der Waals surface area (Å²) in [6, 6.07) is 17.3. The topological polar surface area (TPSA) is 63.0 Å². The van der Waals surface area contributed by atoms with Gasteiger partial charge >= 0.3 is 0 Å². The highest BCUT2D eigenvalue weighted by atomic mass is 35.5. The Hall–Kier alpha value is -3.39. The largest absolute Gasteiger partial charge is 0.478 e. The van der Waals surface area contributed by atoms with Crippen molar-refractivity contribution in [3.05, 3.63) is 94.0 Å². The third-order valence-electron chi connectivity index (χ3n) is 6.91. The smallest absolute Gasteiger partial charge is 0.278 e. The predicted octanol–water partition coefficient (Wildman–Crippen LogP) is 5.72. The van der Waals surface area contributed by atoms with Crippen molar-refractivity contribution < 1.29 is 9.53 Å². The first-order valence-electron chi connectivity index (χ1n) is 12.3. The minimum atomic E-state index is -0.196. The van der Waals surface area contributed by atoms with Gasteiger partial charge in [-0.15, -0.1) is 0 Å². The summed E-state index contributed by atoms with van der Waals surface area (Å²) in [4.78, 5) is 27.0. The summed E-state index contributed by atoms with van der Waals surface area (Å²) < 4.78 is 7.63. The average molecular weight is 534 g/mol. The van der Waals surface area contributed by atoms with Crippen LogP contribution in [0.2, 0.25) is 10.0 Å². The SMILES string of the molecule is CCOc1ccc(Cl)c(C(=O)N2C[C@@H]3CC=C2CN3Cc2c(-c3ccc(Cl)cc3)nc3ccccn23)n1. The number of aromatic nitrogens is 3. The number of rotatable bonds is 6. The molecule has 4 aromatic rings. The highest BCUT2D eigenvalue weighted by Gasteiger charge is 2.38. The van der Waals surface area contributed by atoms with Gasteiger partial charge in [-0.3, -0.25) is 9.69 Å². The number of benzene rings is 1. The van der Waals surface area contributed by atoms with Crippen molar-refractivity contribution in [2.24, 2.45) is 0 Å². The van der Waals surface area contributed by atoms with E-state index in [2.05, 4.69) is 20.4 Å². The molecule has 0 saturated carbocycles. The summed E-state index contributed by atoms with van der Waals surface area (Å²) in [5.74, 6) is 0.203. The molecule has 9 heteroatoms. The standard InChI is InChI=1S/C28H25Cl2N5O2/c1-2-37-25-13-12-22(30)27(32-25)28(36)35-16-20-10-11-21(35)15-33(20)17-23-26(18-6-8-19(29)9-7-18)31-24-5-3-4-14-34(23)24/h3-9,11-14,20H,2,10,15-17H2,1H3/t20-/m0/s1. The lowest BCUT2D eigenvalue weighted by molar-refractivity contribution is 0.0549. The Morgan fingerprint density at radius 1 is 1.08 bits per heavy atom. The van der Waals surface area contributed by atoms with Crippen molar-refractivity contribution in [1.82, 2.24) is 24.2 Å². The second-order valence-electron chi connectivity index (χ2n) is 9.16. The van der Waals surface area contributed by atoms with E-state index in [9.17, 15) is 4.79 Å². The van der Waals surface area contributed by atoms with Crippen LogP contribution in [0.1, 0.15) is 29.5 Å². The number of pyridine rings is 2. The zero-order chi connectivity index (χ0) is 25.5. The minimum Gasteiger partial charge on any atom is -0.478 e. The number of piperazine rings is 1. The Morgan fingerprint density at radius 3 is 2.68 bits per heavy atom. The normalized spacial score (nSPS) is 17.3. The Morgan fingerprint density at radius 2 is 1.92 bits per heavy atom. The van der Waals surface area contributed by atoms with E-state index in [0.29, 0.717) is 42.2 Å². The maximum Gasteiger partial charge on any atom is 0.278 e. The molecule has 1 fully saturated rings. The molecule has 0 radical (unpaired) electrons. The third kappa shape index (κ3) is 4.48. The quantitative estimate of drug-likeness (QED) is 0.317. The van der Waals surface area contributed by atoms with Crippen molar-refractivity contribution in [1.29, 1.82) is 0 Å². The van der Waals surface area contributed by atoms with Crippen molar-refractivity contribution in [2.45, 2.75) is 25.9 Å². The van der Waals surface area contributed by atoms with Crippen LogP contribution < -0.4 is 4.74 Å². The molecule has 3 aliphatic heterocycles. The molecule has 7 rings (SSSR count). The summed E-state index contributed by atoms with van der Waals surface area (Å²) in [5.41, 5.74) is 5.16. The van der Waals surface area contributed by atoms with E-state index in [1.54, 1.807) is 12.1 Å². The van der Waals surface area contributed by atoms with Gasteiger partial charge in [-0.1, -0.05) is 47.5 Å². The van der Waals surface area contributed by atoms with E-state index in [0.717, 1.165) is 34.7 Å². The zero-order valence-electron chi connectivity index (χ0n) is 20.3. The van der Waals surface area contributed by atoms with Gasteiger partial charge in [0.25, 0.3) is 5.91 Å². The van der Waals surface area contributed by atoms with Crippen LogP contribution in [0.5, 0.6) is 5.88 Å². The first-order valence-corrected chi connectivity index (χ1v) is 13.0. The van der Waals surface area contributed by atoms with Crippen LogP contribution in [-0.2, 0) is 6.54 Å². The molecule has 3 aliphatic rings. The van der Waals surface area contributed by atoms with E-state index in [4.69, 9.17) is 32.9 Å². The molecule has 0 N–H and O–H groups in total. The van der Waals surface area contributed by atoms with Gasteiger partial charge in [-0.2, -0.15) is 0 Å². The number of nitrogens with zero attached hydrogens (tertiary/aromatic N) is 5. The molecule has 188 valence electrons. The molecule has 0 aliphatic carbocycles. The molecule has 1 amide bonds. The van der Waals surface area contributed by atoms with Gasteiger partial charge in [0.15, 0.2) is 5.69 Å². The van der Waals surface area contributed by atoms with Gasteiger partial charge < -0.3 is 14.0 Å². The predicted molar refractivity (Wildman–Crippen MR) is 144 cm³/mol. The molecule has 0 spiro atoms. The number of amides is 1. The number of imidazole rings is 1. The van der Waals surface area contributed by atoms with Gasteiger partial charge in [-0.25, -0.2) is 9.97 Å². The maximum atomic E-state index is 13.5. The maximum absolute atomic E-state index is 13.5. The lowest BCUT2D eigenvalue weighted by atomic mass is 9.97. The number of ether oxygens (including phenoxy) is 1. The van der Waals surface area contributed by atoms with E-state index in [1.165, 1.54) is 0 Å². The summed E-state index contributed by atoms with van der Waals surface area (Å²) in [5, 5.41) is 1.02. The Kier molecular flexibility index (Phi) is 6.36. The summed E-state index contributed by atoms with van der Waals surface area (Å²) >= 11 is 12.5. The molecular formula is C28H25Cl2N5O2. The number of fused-ring (bicyclic) bond motifs is 4. The van der Waals surface area contributed by atoms with Crippen LogP contribution in [-0.4, -0.2) is 55.8 Å². The second-order valence-corrected chi connectivity index (χ2v) is 10.0. The second kappa shape index (κ2) is 9.82. The van der Waals surface area contributed by atoms with Gasteiger partial charge in [0.05, 0.1) is 23.0 Å². The summed E-state index contributed by atoms with van der Waals surface area (Å²) in [6.45, 7) is 4.28. The number of hydrogen-bond acceptors (Lipinski definition) is 5. The number of carbonyl (C=O) groups is 1. The molecular weight excluding hydrogens is 509 g/mol. The zero-order valence-corrected chi connectivity index (χ0v) is 21.8. The molecule has 1 aromatic carbocycles. The lowest BCUT2D eigenvalue weighted by Gasteiger charge is -2.46. The van der Waals surface area contributed by atoms with Crippen molar-refractivity contribution in [2.75, 3.05) is 19.7 Å². The van der Waals surface area contributed by atoms with Crippen LogP contribution in [0.25, 0.3) is 16.9 Å². The molecule has 7 nitrogen and oxygen atoms in total. The number of hydrogen-bond donors (Lipinski definition) is 0. The molecule has 1 atom stereocenters. The third-order valence-corrected chi connectivity index (χ3v) is 7.46. The molecule has 1 saturated heterocycles. The van der Waals surface area contributed by atoms with E-state index in [-0.39, 0.29) is 17.6 Å². The van der Waals surface area contributed by atoms with Crippen molar-refractivity contribution in [3.8, 4) is 17.1 Å². The van der Waals surface area contributed by atoms with Crippen LogP contribution in [0.15, 0.2) is 72.6 Å². The van der Waals surface area contributed by atoms with E-state index in [1.807, 2.05) is 60.5 Å². The summed E-state index contributed by atoms with van der Waals surface area (Å²) in [7, 11) is 0. The van der Waals surface area contributed by atoms with Gasteiger partial charge in [0, 0.05) is 54.2 Å². The number of halogens is 2. The molecule has 6 heterocycles. The van der Waals surface area contributed by atoms with Crippen LogP contribution in [0.4, 0.5) is 0 Å². The van der Waals surface area contributed by atoms with E-state index < -0.39 is 0 Å². The molecule has 3 aromatic heterocycles. The molecule has 2 bridgehead atoms.